The fourth-order valence-corrected chi connectivity index (χ4v) is 1.06. The SMILES string of the molecule is CC(C)C1=CN(C(C)C)C1. The summed E-state index contributed by atoms with van der Waals surface area (Å²) in [5, 5.41) is 0. The molecule has 0 atom stereocenters. The molecule has 0 fully saturated rings. The van der Waals surface area contributed by atoms with Crippen molar-refractivity contribution in [2.24, 2.45) is 5.92 Å². The van der Waals surface area contributed by atoms with Crippen molar-refractivity contribution in [1.82, 2.24) is 4.90 Å². The first-order valence-corrected chi connectivity index (χ1v) is 4.07. The average Bonchev–Trinajstić information content (AvgIpc) is 1.56. The van der Waals surface area contributed by atoms with Crippen molar-refractivity contribution in [1.29, 1.82) is 0 Å². The quantitative estimate of drug-likeness (QED) is 0.567. The highest BCUT2D eigenvalue weighted by Gasteiger charge is 2.19. The van der Waals surface area contributed by atoms with Crippen molar-refractivity contribution in [2.45, 2.75) is 33.7 Å². The third-order valence-electron chi connectivity index (χ3n) is 2.10. The summed E-state index contributed by atoms with van der Waals surface area (Å²) in [6.45, 7) is 10.2. The Morgan fingerprint density at radius 2 is 1.80 bits per heavy atom. The molecule has 10 heavy (non-hydrogen) atoms. The van der Waals surface area contributed by atoms with Gasteiger partial charge in [0.2, 0.25) is 0 Å². The predicted molar refractivity (Wildman–Crippen MR) is 44.8 cm³/mol. The minimum Gasteiger partial charge on any atom is -0.371 e. The maximum atomic E-state index is 2.37. The standard InChI is InChI=1S/C9H17N/c1-7(2)9-5-10(6-9)8(3)4/h5,7-8H,6H2,1-4H3. The minimum absolute atomic E-state index is 0.683. The van der Waals surface area contributed by atoms with Crippen LogP contribution in [0.5, 0.6) is 0 Å². The van der Waals surface area contributed by atoms with Gasteiger partial charge < -0.3 is 4.90 Å². The van der Waals surface area contributed by atoms with E-state index in [1.54, 1.807) is 5.57 Å². The van der Waals surface area contributed by atoms with Crippen molar-refractivity contribution < 1.29 is 0 Å². The first-order valence-electron chi connectivity index (χ1n) is 4.07. The van der Waals surface area contributed by atoms with E-state index in [2.05, 4.69) is 38.8 Å². The van der Waals surface area contributed by atoms with E-state index < -0.39 is 0 Å². The normalized spacial score (nSPS) is 17.8. The lowest BCUT2D eigenvalue weighted by atomic mass is 9.98. The Bertz CT molecular complexity index is 145. The molecule has 0 aliphatic carbocycles. The van der Waals surface area contributed by atoms with Crippen LogP contribution in [-0.4, -0.2) is 17.5 Å². The summed E-state index contributed by atoms with van der Waals surface area (Å²) in [5.74, 6) is 0.745. The Kier molecular flexibility index (Phi) is 2.02. The molecule has 1 aliphatic rings. The third-order valence-corrected chi connectivity index (χ3v) is 2.10. The Morgan fingerprint density at radius 3 is 2.10 bits per heavy atom. The third kappa shape index (κ3) is 1.34. The van der Waals surface area contributed by atoms with Gasteiger partial charge in [0, 0.05) is 18.8 Å². The van der Waals surface area contributed by atoms with Gasteiger partial charge in [0.15, 0.2) is 0 Å². The molecule has 0 amide bonds. The van der Waals surface area contributed by atoms with E-state index in [4.69, 9.17) is 0 Å². The maximum absolute atomic E-state index is 2.37. The summed E-state index contributed by atoms with van der Waals surface area (Å²) in [6, 6.07) is 0.683. The van der Waals surface area contributed by atoms with Crippen LogP contribution in [0.2, 0.25) is 0 Å². The van der Waals surface area contributed by atoms with Crippen LogP contribution >= 0.6 is 0 Å². The first kappa shape index (κ1) is 7.64. The predicted octanol–water partition coefficient (Wildman–Crippen LogP) is 2.25. The van der Waals surface area contributed by atoms with E-state index in [9.17, 15) is 0 Å². The molecule has 1 nitrogen and oxygen atoms in total. The highest BCUT2D eigenvalue weighted by Crippen LogP contribution is 2.22. The van der Waals surface area contributed by atoms with Gasteiger partial charge >= 0.3 is 0 Å². The van der Waals surface area contributed by atoms with Crippen molar-refractivity contribution in [3.05, 3.63) is 11.8 Å². The molecule has 0 aromatic rings. The van der Waals surface area contributed by atoms with Gasteiger partial charge in [-0.25, -0.2) is 0 Å². The van der Waals surface area contributed by atoms with Crippen LogP contribution in [0.1, 0.15) is 27.7 Å². The van der Waals surface area contributed by atoms with E-state index >= 15 is 0 Å². The highest BCUT2D eigenvalue weighted by molar-refractivity contribution is 5.16. The fraction of sp³-hybridized carbons (Fsp3) is 0.778. The zero-order valence-corrected chi connectivity index (χ0v) is 7.39. The zero-order valence-electron chi connectivity index (χ0n) is 7.39. The van der Waals surface area contributed by atoms with E-state index in [0.717, 1.165) is 5.92 Å². The molecule has 1 rings (SSSR count). The van der Waals surface area contributed by atoms with E-state index in [0.29, 0.717) is 6.04 Å². The van der Waals surface area contributed by atoms with Crippen molar-refractivity contribution in [3.63, 3.8) is 0 Å². The highest BCUT2D eigenvalue weighted by atomic mass is 15.2. The second kappa shape index (κ2) is 2.65. The van der Waals surface area contributed by atoms with Gasteiger partial charge in [0.25, 0.3) is 0 Å². The topological polar surface area (TPSA) is 3.24 Å². The maximum Gasteiger partial charge on any atom is 0.0405 e. The molecule has 0 aromatic carbocycles. The summed E-state index contributed by atoms with van der Waals surface area (Å²) in [6.07, 6.45) is 2.29. The molecular weight excluding hydrogens is 122 g/mol. The fourth-order valence-electron chi connectivity index (χ4n) is 1.06. The second-order valence-electron chi connectivity index (χ2n) is 3.62. The number of hydrogen-bond donors (Lipinski definition) is 0. The van der Waals surface area contributed by atoms with E-state index in [1.807, 2.05) is 0 Å². The summed E-state index contributed by atoms with van der Waals surface area (Å²) in [4.78, 5) is 2.37. The molecule has 1 heterocycles. The Morgan fingerprint density at radius 1 is 1.30 bits per heavy atom. The Labute approximate surface area is 63.7 Å². The van der Waals surface area contributed by atoms with Crippen LogP contribution < -0.4 is 0 Å². The van der Waals surface area contributed by atoms with Gasteiger partial charge in [-0.2, -0.15) is 0 Å². The van der Waals surface area contributed by atoms with Gasteiger partial charge in [-0.1, -0.05) is 13.8 Å². The number of rotatable bonds is 2. The smallest absolute Gasteiger partial charge is 0.0405 e. The molecule has 0 spiro atoms. The Hall–Kier alpha value is -0.460. The molecule has 1 heteroatoms. The molecule has 1 aliphatic heterocycles. The van der Waals surface area contributed by atoms with Crippen molar-refractivity contribution >= 4 is 0 Å². The molecule has 0 unspecified atom stereocenters. The molecule has 0 bridgehead atoms. The van der Waals surface area contributed by atoms with Gasteiger partial charge in [0.05, 0.1) is 0 Å². The van der Waals surface area contributed by atoms with Crippen LogP contribution in [0.3, 0.4) is 0 Å². The first-order chi connectivity index (χ1) is 4.61. The molecule has 0 N–H and O–H groups in total. The molecule has 0 saturated heterocycles. The molecular formula is C9H17N. The average molecular weight is 139 g/mol. The van der Waals surface area contributed by atoms with Gasteiger partial charge in [0.1, 0.15) is 0 Å². The van der Waals surface area contributed by atoms with Crippen LogP contribution in [0.15, 0.2) is 11.8 Å². The van der Waals surface area contributed by atoms with Crippen LogP contribution in [0.25, 0.3) is 0 Å². The summed E-state index contributed by atoms with van der Waals surface area (Å²) in [7, 11) is 0. The number of nitrogens with zero attached hydrogens (tertiary/aromatic N) is 1. The van der Waals surface area contributed by atoms with Crippen LogP contribution in [0.4, 0.5) is 0 Å². The number of hydrogen-bond acceptors (Lipinski definition) is 1. The lowest BCUT2D eigenvalue weighted by Gasteiger charge is -2.36. The van der Waals surface area contributed by atoms with Gasteiger partial charge in [-0.05, 0) is 25.3 Å². The van der Waals surface area contributed by atoms with Crippen LogP contribution in [0, 0.1) is 5.92 Å². The summed E-state index contributed by atoms with van der Waals surface area (Å²) >= 11 is 0. The molecule has 58 valence electrons. The molecule has 0 saturated carbocycles. The summed E-state index contributed by atoms with van der Waals surface area (Å²) < 4.78 is 0. The monoisotopic (exact) mass is 139 g/mol. The Balaban J connectivity index is 2.40. The second-order valence-corrected chi connectivity index (χ2v) is 3.62. The zero-order chi connectivity index (χ0) is 7.72. The minimum atomic E-state index is 0.683. The van der Waals surface area contributed by atoms with Crippen molar-refractivity contribution in [3.8, 4) is 0 Å². The molecule has 0 radical (unpaired) electrons. The summed E-state index contributed by atoms with van der Waals surface area (Å²) in [5.41, 5.74) is 1.59. The lowest BCUT2D eigenvalue weighted by Crippen LogP contribution is -2.36. The molecule has 0 aromatic heterocycles. The van der Waals surface area contributed by atoms with E-state index in [1.165, 1.54) is 6.54 Å². The lowest BCUT2D eigenvalue weighted by molar-refractivity contribution is 0.278. The van der Waals surface area contributed by atoms with Gasteiger partial charge in [-0.15, -0.1) is 0 Å². The van der Waals surface area contributed by atoms with Crippen molar-refractivity contribution in [2.75, 3.05) is 6.54 Å². The van der Waals surface area contributed by atoms with E-state index in [-0.39, 0.29) is 0 Å². The largest absolute Gasteiger partial charge is 0.371 e. The van der Waals surface area contributed by atoms with Crippen LogP contribution in [-0.2, 0) is 0 Å². The van der Waals surface area contributed by atoms with Gasteiger partial charge in [-0.3, -0.25) is 0 Å².